The average molecular weight is 446 g/mol. The van der Waals surface area contributed by atoms with Gasteiger partial charge in [0.15, 0.2) is 0 Å². The molecule has 1 aromatic carbocycles. The maximum Gasteiger partial charge on any atom is 0.253 e. The first-order valence-corrected chi connectivity index (χ1v) is 10.4. The minimum atomic E-state index is -1.40. The lowest BCUT2D eigenvalue weighted by molar-refractivity contribution is 0.0434. The molecule has 3 aromatic rings. The number of hydrogen-bond donors (Lipinski definition) is 2. The number of nitrogens with zero attached hydrogens (tertiary/aromatic N) is 3. The van der Waals surface area contributed by atoms with E-state index < -0.39 is 11.5 Å². The highest BCUT2D eigenvalue weighted by molar-refractivity contribution is 6.31. The number of aromatic amines is 1. The van der Waals surface area contributed by atoms with Crippen molar-refractivity contribution in [1.82, 2.24) is 25.4 Å². The maximum atomic E-state index is 15.2. The minimum Gasteiger partial charge on any atom is -0.338 e. The molecule has 1 saturated heterocycles. The Morgan fingerprint density at radius 1 is 1.23 bits per heavy atom. The molecule has 0 spiro atoms. The van der Waals surface area contributed by atoms with Crippen LogP contribution in [0.1, 0.15) is 28.9 Å². The van der Waals surface area contributed by atoms with Crippen molar-refractivity contribution in [1.29, 1.82) is 0 Å². The summed E-state index contributed by atoms with van der Waals surface area (Å²) in [5.41, 5.74) is 1.30. The van der Waals surface area contributed by atoms with Gasteiger partial charge >= 0.3 is 0 Å². The molecular formula is C22H22ClF2N5O. The molecule has 6 nitrogen and oxygen atoms in total. The number of halogens is 3. The summed E-state index contributed by atoms with van der Waals surface area (Å²) in [6, 6.07) is 11.4. The zero-order valence-corrected chi connectivity index (χ0v) is 17.5. The zero-order valence-electron chi connectivity index (χ0n) is 16.7. The van der Waals surface area contributed by atoms with Gasteiger partial charge in [-0.1, -0.05) is 17.7 Å². The Kier molecular flexibility index (Phi) is 6.29. The molecule has 162 valence electrons. The second-order valence-corrected chi connectivity index (χ2v) is 8.07. The van der Waals surface area contributed by atoms with Crippen LogP contribution >= 0.6 is 11.6 Å². The molecule has 1 aliphatic rings. The van der Waals surface area contributed by atoms with Crippen LogP contribution in [0.25, 0.3) is 11.4 Å². The summed E-state index contributed by atoms with van der Waals surface area (Å²) in [6.07, 6.45) is 2.11. The molecule has 4 rings (SSSR count). The van der Waals surface area contributed by atoms with Gasteiger partial charge in [-0.2, -0.15) is 5.10 Å². The highest BCUT2D eigenvalue weighted by Crippen LogP contribution is 2.27. The van der Waals surface area contributed by atoms with Gasteiger partial charge in [-0.25, -0.2) is 13.8 Å². The summed E-state index contributed by atoms with van der Waals surface area (Å²) in [5.74, 6) is -0.841. The van der Waals surface area contributed by atoms with Crippen LogP contribution < -0.4 is 5.32 Å². The van der Waals surface area contributed by atoms with Crippen molar-refractivity contribution in [3.8, 4) is 11.4 Å². The van der Waals surface area contributed by atoms with E-state index in [9.17, 15) is 9.18 Å². The third kappa shape index (κ3) is 5.08. The minimum absolute atomic E-state index is 0.0999. The number of hydrogen-bond acceptors (Lipinski definition) is 4. The number of carbonyl (C=O) groups is 1. The van der Waals surface area contributed by atoms with E-state index in [2.05, 4.69) is 20.5 Å². The van der Waals surface area contributed by atoms with E-state index in [4.69, 9.17) is 11.6 Å². The van der Waals surface area contributed by atoms with Crippen molar-refractivity contribution in [2.45, 2.75) is 25.1 Å². The number of amides is 1. The first-order valence-electron chi connectivity index (χ1n) is 10.0. The summed E-state index contributed by atoms with van der Waals surface area (Å²) < 4.78 is 28.5. The highest BCUT2D eigenvalue weighted by Gasteiger charge is 2.36. The van der Waals surface area contributed by atoms with Gasteiger partial charge in [0.05, 0.1) is 22.1 Å². The molecule has 2 aromatic heterocycles. The molecule has 0 radical (unpaired) electrons. The van der Waals surface area contributed by atoms with Gasteiger partial charge < -0.3 is 10.2 Å². The Bertz CT molecular complexity index is 1050. The number of benzene rings is 1. The number of pyridine rings is 1. The SMILES string of the molecule is O=C(c1ccc(F)c(Cl)c1)N1CCC(F)(CNCc2cccc(-c3ccn[nH]3)n2)CC1. The molecule has 1 amide bonds. The Hall–Kier alpha value is -2.84. The fourth-order valence-corrected chi connectivity index (χ4v) is 3.82. The van der Waals surface area contributed by atoms with Gasteiger partial charge in [0.2, 0.25) is 0 Å². The first-order chi connectivity index (χ1) is 14.9. The van der Waals surface area contributed by atoms with Gasteiger partial charge in [0.1, 0.15) is 11.5 Å². The molecular weight excluding hydrogens is 424 g/mol. The van der Waals surface area contributed by atoms with Gasteiger partial charge in [-0.3, -0.25) is 9.89 Å². The predicted molar refractivity (Wildman–Crippen MR) is 114 cm³/mol. The molecule has 9 heteroatoms. The smallest absolute Gasteiger partial charge is 0.253 e. The molecule has 0 atom stereocenters. The van der Waals surface area contributed by atoms with Gasteiger partial charge in [0, 0.05) is 50.8 Å². The number of H-pyrrole nitrogens is 1. The number of nitrogens with one attached hydrogen (secondary N) is 2. The Morgan fingerprint density at radius 3 is 2.74 bits per heavy atom. The summed E-state index contributed by atoms with van der Waals surface area (Å²) in [7, 11) is 0. The summed E-state index contributed by atoms with van der Waals surface area (Å²) in [6.45, 7) is 1.19. The van der Waals surface area contributed by atoms with Crippen LogP contribution in [0.5, 0.6) is 0 Å². The van der Waals surface area contributed by atoms with E-state index >= 15 is 4.39 Å². The lowest BCUT2D eigenvalue weighted by Gasteiger charge is -2.36. The van der Waals surface area contributed by atoms with Crippen molar-refractivity contribution in [2.24, 2.45) is 0 Å². The van der Waals surface area contributed by atoms with Crippen LogP contribution in [0, 0.1) is 5.82 Å². The van der Waals surface area contributed by atoms with Crippen LogP contribution in [0.2, 0.25) is 5.02 Å². The highest BCUT2D eigenvalue weighted by atomic mass is 35.5. The van der Waals surface area contributed by atoms with Crippen LogP contribution in [-0.4, -0.2) is 51.3 Å². The molecule has 2 N–H and O–H groups in total. The fraction of sp³-hybridized carbons (Fsp3) is 0.318. The number of carbonyl (C=O) groups excluding carboxylic acids is 1. The van der Waals surface area contributed by atoms with Gasteiger partial charge in [-0.05, 0) is 36.4 Å². The van der Waals surface area contributed by atoms with Crippen LogP contribution in [0.3, 0.4) is 0 Å². The number of piperidine rings is 1. The third-order valence-corrected chi connectivity index (χ3v) is 5.73. The van der Waals surface area contributed by atoms with Crippen molar-refractivity contribution < 1.29 is 13.6 Å². The largest absolute Gasteiger partial charge is 0.338 e. The monoisotopic (exact) mass is 445 g/mol. The number of alkyl halides is 1. The van der Waals surface area contributed by atoms with Gasteiger partial charge in [0.25, 0.3) is 5.91 Å². The molecule has 3 heterocycles. The molecule has 1 fully saturated rings. The van der Waals surface area contributed by atoms with Crippen molar-refractivity contribution in [2.75, 3.05) is 19.6 Å². The molecule has 1 aliphatic heterocycles. The van der Waals surface area contributed by atoms with Crippen molar-refractivity contribution in [3.63, 3.8) is 0 Å². The number of aromatic nitrogens is 3. The molecule has 31 heavy (non-hydrogen) atoms. The second-order valence-electron chi connectivity index (χ2n) is 7.66. The topological polar surface area (TPSA) is 73.9 Å². The first kappa shape index (κ1) is 21.4. The predicted octanol–water partition coefficient (Wildman–Crippen LogP) is 4.00. The second kappa shape index (κ2) is 9.11. The lowest BCUT2D eigenvalue weighted by Crippen LogP contribution is -2.48. The summed E-state index contributed by atoms with van der Waals surface area (Å²) in [5, 5.41) is 9.85. The standard InChI is InChI=1S/C22H22ClF2N5O/c23-17-12-15(4-5-18(17)24)21(31)30-10-7-22(25,8-11-30)14-26-13-16-2-1-3-19(28-16)20-6-9-27-29-20/h1-6,9,12,26H,7-8,10-11,13-14H2,(H,27,29). The summed E-state index contributed by atoms with van der Waals surface area (Å²) in [4.78, 5) is 18.7. The number of likely N-dealkylation sites (tertiary alicyclic amines) is 1. The fourth-order valence-electron chi connectivity index (χ4n) is 3.64. The molecule has 0 unspecified atom stereocenters. The Labute approximate surface area is 183 Å². The Morgan fingerprint density at radius 2 is 2.03 bits per heavy atom. The summed E-state index contributed by atoms with van der Waals surface area (Å²) >= 11 is 5.76. The third-order valence-electron chi connectivity index (χ3n) is 5.44. The van der Waals surface area contributed by atoms with Crippen LogP contribution in [-0.2, 0) is 6.54 Å². The lowest BCUT2D eigenvalue weighted by atomic mass is 9.92. The normalized spacial score (nSPS) is 15.8. The van der Waals surface area contributed by atoms with Crippen molar-refractivity contribution in [3.05, 3.63) is 70.8 Å². The maximum absolute atomic E-state index is 15.2. The van der Waals surface area contributed by atoms with Gasteiger partial charge in [-0.15, -0.1) is 0 Å². The van der Waals surface area contributed by atoms with E-state index in [1.807, 2.05) is 24.3 Å². The molecule has 0 bridgehead atoms. The number of rotatable bonds is 6. The van der Waals surface area contributed by atoms with Crippen LogP contribution in [0.4, 0.5) is 8.78 Å². The molecule has 0 saturated carbocycles. The zero-order chi connectivity index (χ0) is 21.8. The molecule has 0 aliphatic carbocycles. The van der Waals surface area contributed by atoms with E-state index in [1.165, 1.54) is 12.1 Å². The average Bonchev–Trinajstić information content (AvgIpc) is 3.31. The van der Waals surface area contributed by atoms with Crippen LogP contribution in [0.15, 0.2) is 48.7 Å². The van der Waals surface area contributed by atoms with E-state index in [0.717, 1.165) is 23.1 Å². The van der Waals surface area contributed by atoms with Crippen molar-refractivity contribution >= 4 is 17.5 Å². The van der Waals surface area contributed by atoms with E-state index in [1.54, 1.807) is 11.1 Å². The van der Waals surface area contributed by atoms with E-state index in [0.29, 0.717) is 25.2 Å². The quantitative estimate of drug-likeness (QED) is 0.601. The Balaban J connectivity index is 1.28. The van der Waals surface area contributed by atoms with E-state index in [-0.39, 0.29) is 30.3 Å².